The van der Waals surface area contributed by atoms with Crippen LogP contribution < -0.4 is 5.56 Å². The molecule has 148 valence electrons. The zero-order valence-corrected chi connectivity index (χ0v) is 16.4. The highest BCUT2D eigenvalue weighted by atomic mass is 32.2. The van der Waals surface area contributed by atoms with Crippen molar-refractivity contribution in [2.45, 2.75) is 37.5 Å². The quantitative estimate of drug-likeness (QED) is 0.673. The summed E-state index contributed by atoms with van der Waals surface area (Å²) >= 11 is 1.62. The number of allylic oxidation sites excluding steroid dienone is 2. The van der Waals surface area contributed by atoms with E-state index in [1.807, 2.05) is 6.08 Å². The van der Waals surface area contributed by atoms with Gasteiger partial charge in [-0.2, -0.15) is 0 Å². The van der Waals surface area contributed by atoms with Gasteiger partial charge in [0.15, 0.2) is 6.10 Å². The van der Waals surface area contributed by atoms with Crippen molar-refractivity contribution in [1.29, 1.82) is 0 Å². The summed E-state index contributed by atoms with van der Waals surface area (Å²) < 4.78 is 20.9. The second-order valence-electron chi connectivity index (χ2n) is 7.22. The maximum Gasteiger partial charge on any atom is 0.340 e. The van der Waals surface area contributed by atoms with E-state index in [2.05, 4.69) is 4.99 Å². The van der Waals surface area contributed by atoms with Gasteiger partial charge in [0, 0.05) is 34.4 Å². The molecule has 0 amide bonds. The SMILES string of the molecule is Cc1c(F)cc2c3c1SCC/C3=C\Cn1c(cc3c(c1=O)COC(=O)C3O)/C=N/2. The molecule has 5 rings (SSSR count). The predicted octanol–water partition coefficient (Wildman–Crippen LogP) is 3.03. The van der Waals surface area contributed by atoms with Crippen LogP contribution in [0.4, 0.5) is 10.1 Å². The Labute approximate surface area is 169 Å². The number of carbonyl (C=O) groups is 1. The normalized spacial score (nSPS) is 22.7. The van der Waals surface area contributed by atoms with Gasteiger partial charge in [-0.05, 0) is 30.5 Å². The number of aliphatic hydroxyl groups excluding tert-OH is 1. The molecule has 0 aliphatic carbocycles. The van der Waals surface area contributed by atoms with Gasteiger partial charge in [-0.15, -0.1) is 11.8 Å². The van der Waals surface area contributed by atoms with Gasteiger partial charge >= 0.3 is 5.97 Å². The van der Waals surface area contributed by atoms with E-state index < -0.39 is 12.1 Å². The predicted molar refractivity (Wildman–Crippen MR) is 107 cm³/mol. The number of cyclic esters (lactones) is 1. The lowest BCUT2D eigenvalue weighted by atomic mass is 9.97. The number of carbonyl (C=O) groups excluding carboxylic acids is 1. The molecule has 29 heavy (non-hydrogen) atoms. The number of thioether (sulfide) groups is 1. The molecule has 2 aromatic rings. The second kappa shape index (κ2) is 6.67. The zero-order valence-electron chi connectivity index (χ0n) is 15.6. The minimum Gasteiger partial charge on any atom is -0.458 e. The molecule has 0 spiro atoms. The number of rotatable bonds is 0. The maximum atomic E-state index is 14.5. The highest BCUT2D eigenvalue weighted by Crippen LogP contribution is 2.45. The standard InChI is InChI=1S/C21H17FN2O4S/c1-10-15(22)7-16-17-11(3-5-29-19(10)17)2-4-24-12(8-23-16)6-13-14(20(24)26)9-28-21(27)18(13)25/h2,6-8,18,25H,3-5,9H2,1H3/b11-2+,23-8+. The monoisotopic (exact) mass is 412 g/mol. The van der Waals surface area contributed by atoms with Gasteiger partial charge in [-0.25, -0.2) is 9.18 Å². The van der Waals surface area contributed by atoms with Crippen molar-refractivity contribution in [2.75, 3.05) is 5.75 Å². The van der Waals surface area contributed by atoms with E-state index in [0.29, 0.717) is 23.5 Å². The number of hydrogen-bond acceptors (Lipinski definition) is 6. The van der Waals surface area contributed by atoms with Crippen molar-refractivity contribution < 1.29 is 19.0 Å². The lowest BCUT2D eigenvalue weighted by molar-refractivity contribution is -0.157. The Bertz CT molecular complexity index is 1200. The number of fused-ring (bicyclic) bond motifs is 2. The maximum absolute atomic E-state index is 14.5. The fraction of sp³-hybridized carbons (Fsp3) is 0.286. The van der Waals surface area contributed by atoms with Gasteiger partial charge in [0.25, 0.3) is 5.56 Å². The molecule has 0 fully saturated rings. The van der Waals surface area contributed by atoms with Crippen molar-refractivity contribution in [3.8, 4) is 0 Å². The number of halogens is 1. The van der Waals surface area contributed by atoms with Crippen molar-refractivity contribution in [3.63, 3.8) is 0 Å². The molecule has 1 unspecified atom stereocenters. The molecule has 3 aliphatic heterocycles. The summed E-state index contributed by atoms with van der Waals surface area (Å²) in [6.07, 6.45) is 2.78. The molecule has 0 saturated carbocycles. The molecule has 1 aromatic heterocycles. The highest BCUT2D eigenvalue weighted by Gasteiger charge is 2.31. The zero-order chi connectivity index (χ0) is 20.3. The molecule has 6 nitrogen and oxygen atoms in total. The van der Waals surface area contributed by atoms with E-state index in [1.165, 1.54) is 16.8 Å². The lowest BCUT2D eigenvalue weighted by Gasteiger charge is -2.23. The van der Waals surface area contributed by atoms with Crippen LogP contribution in [0.25, 0.3) is 5.57 Å². The molecule has 1 atom stereocenters. The minimum absolute atomic E-state index is 0.163. The number of esters is 1. The summed E-state index contributed by atoms with van der Waals surface area (Å²) in [5.74, 6) is -0.259. The fourth-order valence-electron chi connectivity index (χ4n) is 4.00. The highest BCUT2D eigenvalue weighted by molar-refractivity contribution is 7.99. The number of aliphatic hydroxyl groups is 1. The lowest BCUT2D eigenvalue weighted by Crippen LogP contribution is -2.34. The van der Waals surface area contributed by atoms with E-state index in [9.17, 15) is 19.1 Å². The van der Waals surface area contributed by atoms with Gasteiger partial charge in [0.05, 0.1) is 23.2 Å². The Morgan fingerprint density at radius 1 is 1.34 bits per heavy atom. The van der Waals surface area contributed by atoms with Crippen LogP contribution in [-0.2, 0) is 22.7 Å². The van der Waals surface area contributed by atoms with Crippen LogP contribution in [0.5, 0.6) is 0 Å². The summed E-state index contributed by atoms with van der Waals surface area (Å²) in [5, 5.41) is 10.2. The largest absolute Gasteiger partial charge is 0.458 e. The van der Waals surface area contributed by atoms with E-state index in [0.717, 1.165) is 28.2 Å². The topological polar surface area (TPSA) is 80.9 Å². The van der Waals surface area contributed by atoms with Gasteiger partial charge in [0.2, 0.25) is 0 Å². The first-order chi connectivity index (χ1) is 14.0. The van der Waals surface area contributed by atoms with Gasteiger partial charge in [0.1, 0.15) is 12.4 Å². The summed E-state index contributed by atoms with van der Waals surface area (Å²) in [4.78, 5) is 30.1. The first-order valence-corrected chi connectivity index (χ1v) is 10.2. The van der Waals surface area contributed by atoms with Crippen LogP contribution in [0.1, 0.15) is 40.5 Å². The third kappa shape index (κ3) is 2.78. The van der Waals surface area contributed by atoms with Crippen molar-refractivity contribution >= 4 is 35.2 Å². The Hall–Kier alpha value is -2.71. The van der Waals surface area contributed by atoms with Crippen LogP contribution in [0.3, 0.4) is 0 Å². The Morgan fingerprint density at radius 3 is 3.00 bits per heavy atom. The average molecular weight is 412 g/mol. The number of ether oxygens (including phenoxy) is 1. The van der Waals surface area contributed by atoms with Crippen molar-refractivity contribution in [2.24, 2.45) is 4.99 Å². The molecule has 3 aliphatic rings. The van der Waals surface area contributed by atoms with Crippen LogP contribution in [0.15, 0.2) is 32.9 Å². The number of aromatic nitrogens is 1. The molecular formula is C21H17FN2O4S. The molecule has 0 radical (unpaired) electrons. The fourth-order valence-corrected chi connectivity index (χ4v) is 5.22. The number of pyridine rings is 1. The number of aliphatic imine (C=N–C) groups is 1. The Balaban J connectivity index is 1.75. The average Bonchev–Trinajstić information content (AvgIpc) is 2.78. The van der Waals surface area contributed by atoms with Crippen LogP contribution in [0.2, 0.25) is 0 Å². The molecule has 4 heterocycles. The van der Waals surface area contributed by atoms with Gasteiger partial charge in [-0.1, -0.05) is 6.08 Å². The summed E-state index contributed by atoms with van der Waals surface area (Å²) in [5.41, 5.74) is 3.71. The number of benzene rings is 1. The first kappa shape index (κ1) is 18.3. The molecule has 8 heteroatoms. The van der Waals surface area contributed by atoms with E-state index in [1.54, 1.807) is 24.8 Å². The van der Waals surface area contributed by atoms with Crippen molar-refractivity contribution in [3.05, 3.63) is 62.3 Å². The summed E-state index contributed by atoms with van der Waals surface area (Å²) in [6.45, 7) is 1.92. The molecule has 0 saturated heterocycles. The van der Waals surface area contributed by atoms with Crippen LogP contribution in [0, 0.1) is 12.7 Å². The van der Waals surface area contributed by atoms with Crippen LogP contribution in [-0.4, -0.2) is 27.6 Å². The molecule has 1 N–H and O–H groups in total. The number of hydrogen-bond donors (Lipinski definition) is 1. The van der Waals surface area contributed by atoms with E-state index in [-0.39, 0.29) is 29.1 Å². The first-order valence-electron chi connectivity index (χ1n) is 9.26. The third-order valence-corrected chi connectivity index (χ3v) is 6.79. The van der Waals surface area contributed by atoms with Gasteiger partial charge in [-0.3, -0.25) is 9.79 Å². The minimum atomic E-state index is -1.50. The Kier molecular flexibility index (Phi) is 4.22. The number of nitrogens with zero attached hydrogens (tertiary/aromatic N) is 2. The molecule has 0 bridgehead atoms. The Morgan fingerprint density at radius 2 is 2.17 bits per heavy atom. The second-order valence-corrected chi connectivity index (χ2v) is 8.33. The third-order valence-electron chi connectivity index (χ3n) is 5.58. The van der Waals surface area contributed by atoms with Crippen LogP contribution >= 0.6 is 11.8 Å². The summed E-state index contributed by atoms with van der Waals surface area (Å²) in [6, 6.07) is 3.01. The molecule has 1 aromatic carbocycles. The smallest absolute Gasteiger partial charge is 0.340 e. The van der Waals surface area contributed by atoms with Gasteiger partial charge < -0.3 is 14.4 Å². The molecular weight excluding hydrogens is 395 g/mol. The van der Waals surface area contributed by atoms with Crippen molar-refractivity contribution in [1.82, 2.24) is 4.57 Å². The summed E-state index contributed by atoms with van der Waals surface area (Å²) in [7, 11) is 0. The van der Waals surface area contributed by atoms with E-state index >= 15 is 0 Å². The van der Waals surface area contributed by atoms with E-state index in [4.69, 9.17) is 4.74 Å².